The molecule has 4 aliphatic rings. The van der Waals surface area contributed by atoms with E-state index in [1.165, 1.54) is 0 Å². The fourth-order valence-electron chi connectivity index (χ4n) is 6.23. The summed E-state index contributed by atoms with van der Waals surface area (Å²) in [5.74, 6) is -0.501. The maximum absolute atomic E-state index is 13.3. The molecule has 1 aliphatic heterocycles. The van der Waals surface area contributed by atoms with Gasteiger partial charge >= 0.3 is 0 Å². The maximum Gasteiger partial charge on any atom is 0.171 e. The summed E-state index contributed by atoms with van der Waals surface area (Å²) in [4.78, 5) is 13.3. The lowest BCUT2D eigenvalue weighted by molar-refractivity contribution is -0.167. The second kappa shape index (κ2) is 5.41. The molecule has 0 unspecified atom stereocenters. The van der Waals surface area contributed by atoms with Crippen LogP contribution in [-0.4, -0.2) is 46.0 Å². The minimum Gasteiger partial charge on any atom is -0.497 e. The van der Waals surface area contributed by atoms with Gasteiger partial charge in [-0.25, -0.2) is 0 Å². The number of aliphatic hydroxyl groups excluding tert-OH is 3. The first-order chi connectivity index (χ1) is 11.8. The molecule has 0 aromatic carbocycles. The average molecular weight is 348 g/mol. The van der Waals surface area contributed by atoms with Crippen molar-refractivity contribution in [3.8, 4) is 0 Å². The Balaban J connectivity index is 1.82. The molecule has 0 radical (unpaired) electrons. The van der Waals surface area contributed by atoms with Crippen molar-refractivity contribution in [3.05, 3.63) is 24.0 Å². The van der Waals surface area contributed by atoms with E-state index in [-0.39, 0.29) is 36.2 Å². The van der Waals surface area contributed by atoms with E-state index < -0.39 is 23.0 Å². The fourth-order valence-corrected chi connectivity index (χ4v) is 6.23. The first kappa shape index (κ1) is 17.3. The zero-order valence-corrected chi connectivity index (χ0v) is 14.9. The number of Topliss-reactive ketones (excluding diaryl/α,β-unsaturated/α-hetero) is 1. The summed E-state index contributed by atoms with van der Waals surface area (Å²) in [6.45, 7) is 8.02. The zero-order valence-electron chi connectivity index (χ0n) is 14.9. The predicted octanol–water partition coefficient (Wildman–Crippen LogP) is 1.57. The van der Waals surface area contributed by atoms with Gasteiger partial charge in [0.25, 0.3) is 0 Å². The second-order valence-corrected chi connectivity index (χ2v) is 8.91. The first-order valence-electron chi connectivity index (χ1n) is 9.32. The van der Waals surface area contributed by atoms with Crippen molar-refractivity contribution >= 4 is 5.78 Å². The van der Waals surface area contributed by atoms with Gasteiger partial charge in [-0.05, 0) is 42.2 Å². The summed E-state index contributed by atoms with van der Waals surface area (Å²) < 4.78 is 5.95. The van der Waals surface area contributed by atoms with Crippen LogP contribution in [0.4, 0.5) is 0 Å². The van der Waals surface area contributed by atoms with Crippen molar-refractivity contribution in [3.63, 3.8) is 0 Å². The summed E-state index contributed by atoms with van der Waals surface area (Å²) in [6, 6.07) is 0. The molecule has 5 nitrogen and oxygen atoms in total. The van der Waals surface area contributed by atoms with Crippen molar-refractivity contribution in [1.82, 2.24) is 0 Å². The third kappa shape index (κ3) is 1.97. The molecule has 0 amide bonds. The van der Waals surface area contributed by atoms with Gasteiger partial charge in [0, 0.05) is 24.4 Å². The van der Waals surface area contributed by atoms with Crippen molar-refractivity contribution in [1.29, 1.82) is 0 Å². The van der Waals surface area contributed by atoms with Crippen molar-refractivity contribution in [2.45, 2.75) is 57.8 Å². The van der Waals surface area contributed by atoms with Gasteiger partial charge in [0.2, 0.25) is 0 Å². The van der Waals surface area contributed by atoms with Crippen molar-refractivity contribution < 1.29 is 24.9 Å². The molecular formula is C20H28O5. The molecule has 0 aromatic rings. The molecule has 3 fully saturated rings. The Bertz CT molecular complexity index is 650. The topological polar surface area (TPSA) is 87.0 Å². The molecule has 1 spiro atoms. The Morgan fingerprint density at radius 3 is 2.72 bits per heavy atom. The molecular weight excluding hydrogens is 320 g/mol. The molecule has 0 aromatic heterocycles. The highest BCUT2D eigenvalue weighted by Gasteiger charge is 2.68. The Morgan fingerprint density at radius 2 is 2.04 bits per heavy atom. The Kier molecular flexibility index (Phi) is 3.74. The number of ether oxygens (including phenoxy) is 1. The molecule has 2 bridgehead atoms. The SMILES string of the molecule is C=C1[C@@H]2CC[C@H]3C4=CO[C@H](CCO)C(C)(C)[C@H]4[C@H](O)C(=O)[C@]3(C2)[C@@H]1O. The monoisotopic (exact) mass is 348 g/mol. The minimum absolute atomic E-state index is 0.00160. The number of ketones is 1. The number of hydrogen-bond donors (Lipinski definition) is 3. The first-order valence-corrected chi connectivity index (χ1v) is 9.32. The Morgan fingerprint density at radius 1 is 1.32 bits per heavy atom. The van der Waals surface area contributed by atoms with E-state index in [4.69, 9.17) is 4.74 Å². The van der Waals surface area contributed by atoms with Crippen LogP contribution >= 0.6 is 0 Å². The van der Waals surface area contributed by atoms with Crippen LogP contribution in [0.5, 0.6) is 0 Å². The number of carbonyl (C=O) groups excluding carboxylic acids is 1. The average Bonchev–Trinajstić information content (AvgIpc) is 2.77. The lowest BCUT2D eigenvalue weighted by Crippen LogP contribution is -2.62. The smallest absolute Gasteiger partial charge is 0.171 e. The van der Waals surface area contributed by atoms with E-state index in [0.29, 0.717) is 12.8 Å². The summed E-state index contributed by atoms with van der Waals surface area (Å²) in [7, 11) is 0. The van der Waals surface area contributed by atoms with Gasteiger partial charge in [0.05, 0.1) is 17.8 Å². The zero-order chi connectivity index (χ0) is 18.1. The van der Waals surface area contributed by atoms with E-state index >= 15 is 0 Å². The number of rotatable bonds is 2. The van der Waals surface area contributed by atoms with Gasteiger partial charge in [-0.3, -0.25) is 4.79 Å². The standard InChI is InChI=1S/C20H28O5/c1-10-11-4-5-13-12-9-25-14(6-7-21)19(2,3)15(12)16(22)18(24)20(13,8-11)17(10)23/h9,11,13-17,21-23H,1,4-8H2,2-3H3/t11-,13+,14-,15-,16+,17-,20+/m1/s1. The quantitative estimate of drug-likeness (QED) is 0.660. The molecule has 3 N–H and O–H groups in total. The van der Waals surface area contributed by atoms with Crippen LogP contribution in [-0.2, 0) is 9.53 Å². The maximum atomic E-state index is 13.3. The summed E-state index contributed by atoms with van der Waals surface area (Å²) >= 11 is 0. The fraction of sp³-hybridized carbons (Fsp3) is 0.750. The van der Waals surface area contributed by atoms with Gasteiger partial charge in [-0.1, -0.05) is 20.4 Å². The molecule has 3 saturated carbocycles. The highest BCUT2D eigenvalue weighted by Crippen LogP contribution is 2.65. The van der Waals surface area contributed by atoms with E-state index in [0.717, 1.165) is 24.0 Å². The Labute approximate surface area is 148 Å². The Hall–Kier alpha value is -1.17. The summed E-state index contributed by atoms with van der Waals surface area (Å²) in [5.41, 5.74) is 0.293. The molecule has 3 aliphatic carbocycles. The van der Waals surface area contributed by atoms with Crippen LogP contribution in [0.15, 0.2) is 24.0 Å². The van der Waals surface area contributed by atoms with Crippen LogP contribution < -0.4 is 0 Å². The lowest BCUT2D eigenvalue weighted by Gasteiger charge is -2.56. The lowest BCUT2D eigenvalue weighted by atomic mass is 9.49. The highest BCUT2D eigenvalue weighted by molar-refractivity contribution is 5.93. The van der Waals surface area contributed by atoms with Crippen molar-refractivity contribution in [2.75, 3.05) is 6.61 Å². The molecule has 7 atom stereocenters. The largest absolute Gasteiger partial charge is 0.497 e. The number of hydrogen-bond acceptors (Lipinski definition) is 5. The van der Waals surface area contributed by atoms with Gasteiger partial charge in [0.1, 0.15) is 12.2 Å². The minimum atomic E-state index is -1.15. The summed E-state index contributed by atoms with van der Waals surface area (Å²) in [6.07, 6.45) is 2.20. The third-order valence-electron chi connectivity index (χ3n) is 7.57. The number of carbonyl (C=O) groups is 1. The van der Waals surface area contributed by atoms with Crippen LogP contribution in [0.3, 0.4) is 0 Å². The van der Waals surface area contributed by atoms with E-state index in [9.17, 15) is 20.1 Å². The molecule has 1 heterocycles. The van der Waals surface area contributed by atoms with E-state index in [2.05, 4.69) is 6.58 Å². The van der Waals surface area contributed by atoms with Crippen molar-refractivity contribution in [2.24, 2.45) is 28.6 Å². The van der Waals surface area contributed by atoms with E-state index in [1.54, 1.807) is 6.26 Å². The molecule has 138 valence electrons. The normalized spacial score (nSPS) is 47.6. The molecule has 5 heteroatoms. The molecule has 0 saturated heterocycles. The molecule has 25 heavy (non-hydrogen) atoms. The van der Waals surface area contributed by atoms with Gasteiger partial charge in [-0.2, -0.15) is 0 Å². The number of fused-ring (bicyclic) bond motifs is 3. The van der Waals surface area contributed by atoms with Gasteiger partial charge < -0.3 is 20.1 Å². The predicted molar refractivity (Wildman–Crippen MR) is 91.4 cm³/mol. The summed E-state index contributed by atoms with van der Waals surface area (Å²) in [5, 5.41) is 31.2. The van der Waals surface area contributed by atoms with Crippen LogP contribution in [0, 0.1) is 28.6 Å². The molecule has 4 rings (SSSR count). The third-order valence-corrected chi connectivity index (χ3v) is 7.57. The number of aliphatic hydroxyl groups is 3. The second-order valence-electron chi connectivity index (χ2n) is 8.91. The van der Waals surface area contributed by atoms with Crippen LogP contribution in [0.1, 0.15) is 39.5 Å². The van der Waals surface area contributed by atoms with Crippen LogP contribution in [0.25, 0.3) is 0 Å². The van der Waals surface area contributed by atoms with Crippen LogP contribution in [0.2, 0.25) is 0 Å². The van der Waals surface area contributed by atoms with E-state index in [1.807, 2.05) is 13.8 Å². The highest BCUT2D eigenvalue weighted by atomic mass is 16.5. The van der Waals surface area contributed by atoms with Gasteiger partial charge in [-0.15, -0.1) is 0 Å². The van der Waals surface area contributed by atoms with Gasteiger partial charge in [0.15, 0.2) is 5.78 Å².